The molecule has 1 heterocycles. The Morgan fingerprint density at radius 3 is 2.83 bits per heavy atom. The van der Waals surface area contributed by atoms with Gasteiger partial charge in [0.25, 0.3) is 0 Å². The fourth-order valence-electron chi connectivity index (χ4n) is 0.915. The number of methoxy groups -OCH3 is 1. The van der Waals surface area contributed by atoms with Gasteiger partial charge < -0.3 is 9.15 Å². The van der Waals surface area contributed by atoms with E-state index in [0.717, 1.165) is 0 Å². The second kappa shape index (κ2) is 3.93. The predicted molar refractivity (Wildman–Crippen MR) is 53.6 cm³/mol. The fourth-order valence-corrected chi connectivity index (χ4v) is 1.29. The molecule has 12 heavy (non-hydrogen) atoms. The minimum Gasteiger partial charge on any atom is -0.490 e. The van der Waals surface area contributed by atoms with Gasteiger partial charge in [0.2, 0.25) is 11.2 Å². The Morgan fingerprint density at radius 2 is 2.33 bits per heavy atom. The fraction of sp³-hybridized carbons (Fsp3) is 0.375. The van der Waals surface area contributed by atoms with Gasteiger partial charge in [0.05, 0.1) is 10.7 Å². The third-order valence-electron chi connectivity index (χ3n) is 1.51. The highest BCUT2D eigenvalue weighted by atomic mass is 127. The molecule has 0 aliphatic rings. The lowest BCUT2D eigenvalue weighted by Crippen LogP contribution is -2.10. The van der Waals surface area contributed by atoms with Gasteiger partial charge in [-0.15, -0.1) is 0 Å². The Morgan fingerprint density at radius 1 is 1.67 bits per heavy atom. The van der Waals surface area contributed by atoms with E-state index in [4.69, 9.17) is 9.15 Å². The summed E-state index contributed by atoms with van der Waals surface area (Å²) < 4.78 is 10.7. The van der Waals surface area contributed by atoms with Gasteiger partial charge in [-0.1, -0.05) is 6.92 Å². The average molecular weight is 280 g/mol. The third kappa shape index (κ3) is 1.63. The molecule has 3 nitrogen and oxygen atoms in total. The maximum Gasteiger partial charge on any atom is 0.240 e. The summed E-state index contributed by atoms with van der Waals surface area (Å²) in [6.45, 7) is 1.91. The third-order valence-corrected chi connectivity index (χ3v) is 2.25. The first-order chi connectivity index (χ1) is 5.70. The largest absolute Gasteiger partial charge is 0.490 e. The highest BCUT2D eigenvalue weighted by Crippen LogP contribution is 2.15. The van der Waals surface area contributed by atoms with E-state index in [0.29, 0.717) is 21.5 Å². The van der Waals surface area contributed by atoms with Crippen LogP contribution in [0.4, 0.5) is 0 Å². The molecule has 0 bridgehead atoms. The Bertz CT molecular complexity index is 330. The highest BCUT2D eigenvalue weighted by molar-refractivity contribution is 14.1. The molecule has 66 valence electrons. The molecule has 0 fully saturated rings. The molecule has 1 aromatic rings. The molecule has 4 heteroatoms. The molecule has 1 aromatic heterocycles. The molecule has 0 saturated heterocycles. The van der Waals surface area contributed by atoms with Crippen molar-refractivity contribution in [1.82, 2.24) is 0 Å². The minimum absolute atomic E-state index is 0.0961. The second-order valence-electron chi connectivity index (χ2n) is 2.22. The first-order valence-corrected chi connectivity index (χ1v) is 4.62. The lowest BCUT2D eigenvalue weighted by Gasteiger charge is -2.03. The van der Waals surface area contributed by atoms with Crippen molar-refractivity contribution in [1.29, 1.82) is 0 Å². The van der Waals surface area contributed by atoms with E-state index in [2.05, 4.69) is 0 Å². The molecule has 0 aliphatic carbocycles. The molecule has 0 aliphatic heterocycles. The van der Waals surface area contributed by atoms with Crippen molar-refractivity contribution in [2.75, 3.05) is 7.11 Å². The molecule has 0 aromatic carbocycles. The molecule has 0 amide bonds. The first kappa shape index (κ1) is 9.57. The Hall–Kier alpha value is -0.520. The minimum atomic E-state index is -0.0961. The number of ether oxygens (including phenoxy) is 1. The van der Waals surface area contributed by atoms with Crippen LogP contribution in [0.15, 0.2) is 15.5 Å². The molecule has 0 radical (unpaired) electrons. The van der Waals surface area contributed by atoms with Gasteiger partial charge in [-0.25, -0.2) is 0 Å². The maximum atomic E-state index is 11.4. The zero-order valence-corrected chi connectivity index (χ0v) is 9.04. The summed E-state index contributed by atoms with van der Waals surface area (Å²) in [5.74, 6) is 0.923. The van der Waals surface area contributed by atoms with E-state index >= 15 is 0 Å². The molecule has 0 unspecified atom stereocenters. The monoisotopic (exact) mass is 280 g/mol. The van der Waals surface area contributed by atoms with Gasteiger partial charge in [-0.2, -0.15) is 0 Å². The van der Waals surface area contributed by atoms with Crippen molar-refractivity contribution in [3.05, 3.63) is 25.8 Å². The van der Waals surface area contributed by atoms with Gasteiger partial charge in [0, 0.05) is 6.42 Å². The summed E-state index contributed by atoms with van der Waals surface area (Å²) in [7, 11) is 1.47. The van der Waals surface area contributed by atoms with Crippen LogP contribution >= 0.6 is 22.6 Å². The summed E-state index contributed by atoms with van der Waals surface area (Å²) in [6, 6.07) is 0. The number of rotatable bonds is 2. The van der Waals surface area contributed by atoms with Gasteiger partial charge in [-0.3, -0.25) is 4.79 Å². The van der Waals surface area contributed by atoms with Crippen LogP contribution in [0.2, 0.25) is 0 Å². The normalized spacial score (nSPS) is 9.92. The highest BCUT2D eigenvalue weighted by Gasteiger charge is 2.10. The quantitative estimate of drug-likeness (QED) is 0.776. The molecule has 1 rings (SSSR count). The first-order valence-electron chi connectivity index (χ1n) is 3.54. The molecule has 0 N–H and O–H groups in total. The molecular weight excluding hydrogens is 271 g/mol. The lowest BCUT2D eigenvalue weighted by atomic mass is 10.3. The Kier molecular flexibility index (Phi) is 3.13. The standard InChI is InChI=1S/C8H9IO3/c1-3-6-8(11-2)7(10)5(9)4-12-6/h4H,3H2,1-2H3. The van der Waals surface area contributed by atoms with E-state index in [1.54, 1.807) is 0 Å². The van der Waals surface area contributed by atoms with Crippen LogP contribution in [0.1, 0.15) is 12.7 Å². The van der Waals surface area contributed by atoms with Crippen LogP contribution in [0, 0.1) is 3.57 Å². The van der Waals surface area contributed by atoms with Gasteiger partial charge in [0.1, 0.15) is 12.0 Å². The molecule has 0 atom stereocenters. The van der Waals surface area contributed by atoms with Gasteiger partial charge >= 0.3 is 0 Å². The summed E-state index contributed by atoms with van der Waals surface area (Å²) >= 11 is 1.92. The van der Waals surface area contributed by atoms with Crippen molar-refractivity contribution in [3.63, 3.8) is 0 Å². The smallest absolute Gasteiger partial charge is 0.240 e. The topological polar surface area (TPSA) is 39.4 Å². The van der Waals surface area contributed by atoms with E-state index < -0.39 is 0 Å². The van der Waals surface area contributed by atoms with E-state index in [-0.39, 0.29) is 5.43 Å². The maximum absolute atomic E-state index is 11.4. The Labute approximate surface area is 83.9 Å². The molecule has 0 spiro atoms. The predicted octanol–water partition coefficient (Wildman–Crippen LogP) is 1.82. The molecular formula is C8H9IO3. The van der Waals surface area contributed by atoms with E-state index in [1.165, 1.54) is 13.4 Å². The summed E-state index contributed by atoms with van der Waals surface area (Å²) in [5.41, 5.74) is -0.0961. The SMILES string of the molecule is CCc1occ(I)c(=O)c1OC. The number of aryl methyl sites for hydroxylation is 1. The number of halogens is 1. The zero-order chi connectivity index (χ0) is 9.14. The Balaban J connectivity index is 3.36. The zero-order valence-electron chi connectivity index (χ0n) is 6.89. The van der Waals surface area contributed by atoms with Crippen LogP contribution in [0.5, 0.6) is 5.75 Å². The van der Waals surface area contributed by atoms with Crippen LogP contribution < -0.4 is 10.2 Å². The van der Waals surface area contributed by atoms with Crippen molar-refractivity contribution in [2.24, 2.45) is 0 Å². The van der Waals surface area contributed by atoms with Crippen LogP contribution in [0.25, 0.3) is 0 Å². The summed E-state index contributed by atoms with van der Waals surface area (Å²) in [6.07, 6.45) is 2.11. The van der Waals surface area contributed by atoms with Gasteiger partial charge in [0.15, 0.2) is 0 Å². The summed E-state index contributed by atoms with van der Waals surface area (Å²) in [4.78, 5) is 11.4. The van der Waals surface area contributed by atoms with Crippen LogP contribution in [-0.4, -0.2) is 7.11 Å². The van der Waals surface area contributed by atoms with Crippen LogP contribution in [0.3, 0.4) is 0 Å². The van der Waals surface area contributed by atoms with Crippen molar-refractivity contribution in [3.8, 4) is 5.75 Å². The van der Waals surface area contributed by atoms with Crippen molar-refractivity contribution in [2.45, 2.75) is 13.3 Å². The number of hydrogen-bond acceptors (Lipinski definition) is 3. The lowest BCUT2D eigenvalue weighted by molar-refractivity contribution is 0.367. The van der Waals surface area contributed by atoms with Gasteiger partial charge in [-0.05, 0) is 22.6 Å². The van der Waals surface area contributed by atoms with Crippen LogP contribution in [-0.2, 0) is 6.42 Å². The average Bonchev–Trinajstić information content (AvgIpc) is 2.09. The molecule has 0 saturated carbocycles. The summed E-state index contributed by atoms with van der Waals surface area (Å²) in [5, 5.41) is 0. The van der Waals surface area contributed by atoms with Crippen molar-refractivity contribution >= 4 is 22.6 Å². The number of hydrogen-bond donors (Lipinski definition) is 0. The van der Waals surface area contributed by atoms with E-state index in [1.807, 2.05) is 29.5 Å². The van der Waals surface area contributed by atoms with Crippen molar-refractivity contribution < 1.29 is 9.15 Å². The van der Waals surface area contributed by atoms with E-state index in [9.17, 15) is 4.79 Å². The second-order valence-corrected chi connectivity index (χ2v) is 3.38.